The molecule has 41 heavy (non-hydrogen) atoms. The second kappa shape index (κ2) is 10.8. The molecule has 0 spiro atoms. The van der Waals surface area contributed by atoms with E-state index in [0.29, 0.717) is 23.2 Å². The van der Waals surface area contributed by atoms with E-state index in [-0.39, 0.29) is 52.8 Å². The molecular formula is C28H24ClF2N5O5. The Labute approximate surface area is 238 Å². The molecule has 1 unspecified atom stereocenters. The predicted molar refractivity (Wildman–Crippen MR) is 142 cm³/mol. The van der Waals surface area contributed by atoms with Gasteiger partial charge in [-0.25, -0.2) is 14.3 Å². The van der Waals surface area contributed by atoms with Crippen LogP contribution in [-0.2, 0) is 17.8 Å². The van der Waals surface area contributed by atoms with E-state index in [4.69, 9.17) is 18.2 Å². The molecule has 2 aliphatic heterocycles. The van der Waals surface area contributed by atoms with Crippen molar-refractivity contribution in [2.75, 3.05) is 6.54 Å². The molecule has 3 heterocycles. The number of amides is 2. The monoisotopic (exact) mass is 583 g/mol. The average Bonchev–Trinajstić information content (AvgIpc) is 3.30. The number of ether oxygens (including phenoxy) is 1. The van der Waals surface area contributed by atoms with Crippen LogP contribution in [0, 0.1) is 6.57 Å². The van der Waals surface area contributed by atoms with Crippen molar-refractivity contribution in [1.29, 1.82) is 0 Å². The number of hydrogen-bond acceptors (Lipinski definition) is 5. The maximum Gasteiger partial charge on any atom is 0.387 e. The molecule has 0 saturated carbocycles. The van der Waals surface area contributed by atoms with Crippen molar-refractivity contribution in [2.24, 2.45) is 0 Å². The molecule has 13 heteroatoms. The van der Waals surface area contributed by atoms with E-state index >= 15 is 0 Å². The average molecular weight is 584 g/mol. The number of nitrogens with zero attached hydrogens (tertiary/aromatic N) is 5. The van der Waals surface area contributed by atoms with Crippen LogP contribution in [0.15, 0.2) is 42.5 Å². The van der Waals surface area contributed by atoms with Crippen LogP contribution < -0.4 is 4.74 Å². The third kappa shape index (κ3) is 5.09. The first-order valence-corrected chi connectivity index (χ1v) is 13.0. The highest BCUT2D eigenvalue weighted by atomic mass is 35.5. The summed E-state index contributed by atoms with van der Waals surface area (Å²) in [4.78, 5) is 46.0. The standard InChI is InChI=1S/C28H24ClF2N5O5/c1-14-10-21-19(12-34(14)25(37)17-6-9-20(29)22(11-17)32-3)24-26(38)35(13-23(27(39)40)36(24)33-21)15(2)16-4-7-18(8-5-16)41-28(30)31/h4-9,11,14-15,23,28H,10,12-13H2,1-2H3,(H,39,40)/t14-,15?,23+/m1/s1. The number of alkyl halides is 2. The van der Waals surface area contributed by atoms with Crippen LogP contribution in [-0.4, -0.2) is 61.7 Å². The fraction of sp³-hybridized carbons (Fsp3) is 0.321. The number of hydrogen-bond donors (Lipinski definition) is 1. The molecule has 0 aliphatic carbocycles. The lowest BCUT2D eigenvalue weighted by Gasteiger charge is -2.37. The molecule has 2 aromatic carbocycles. The lowest BCUT2D eigenvalue weighted by atomic mass is 9.96. The zero-order valence-corrected chi connectivity index (χ0v) is 22.7. The number of halogens is 3. The highest BCUT2D eigenvalue weighted by molar-refractivity contribution is 6.33. The maximum atomic E-state index is 13.9. The van der Waals surface area contributed by atoms with Gasteiger partial charge in [0.05, 0.1) is 31.4 Å². The van der Waals surface area contributed by atoms with Crippen molar-refractivity contribution in [3.05, 3.63) is 87.0 Å². The molecule has 2 amide bonds. The number of benzene rings is 2. The SMILES string of the molecule is [C-]#[N+]c1cc(C(=O)N2Cc3c(nn4c3C(=O)N(C(C)c3ccc(OC(F)F)cc3)C[C@H]4C(=O)O)C[C@H]2C)ccc1Cl. The van der Waals surface area contributed by atoms with Crippen molar-refractivity contribution in [3.63, 3.8) is 0 Å². The first-order chi connectivity index (χ1) is 19.5. The zero-order chi connectivity index (χ0) is 29.6. The van der Waals surface area contributed by atoms with Gasteiger partial charge < -0.3 is 19.6 Å². The number of rotatable bonds is 6. The minimum absolute atomic E-state index is 0.0145. The summed E-state index contributed by atoms with van der Waals surface area (Å²) in [6, 6.07) is 8.12. The van der Waals surface area contributed by atoms with Gasteiger partial charge in [0, 0.05) is 28.6 Å². The molecule has 0 radical (unpaired) electrons. The molecule has 1 N–H and O–H groups in total. The molecule has 0 fully saturated rings. The van der Waals surface area contributed by atoms with Crippen LogP contribution in [0.5, 0.6) is 5.75 Å². The van der Waals surface area contributed by atoms with E-state index in [1.54, 1.807) is 24.0 Å². The Morgan fingerprint density at radius 3 is 2.56 bits per heavy atom. The van der Waals surface area contributed by atoms with Crippen molar-refractivity contribution in [1.82, 2.24) is 19.6 Å². The third-order valence-corrected chi connectivity index (χ3v) is 7.80. The minimum atomic E-state index is -2.98. The van der Waals surface area contributed by atoms with Gasteiger partial charge in [-0.3, -0.25) is 9.59 Å². The van der Waals surface area contributed by atoms with Crippen molar-refractivity contribution >= 4 is 35.1 Å². The molecule has 5 rings (SSSR count). The van der Waals surface area contributed by atoms with Gasteiger partial charge in [-0.15, -0.1) is 0 Å². The second-order valence-corrected chi connectivity index (χ2v) is 10.3. The van der Waals surface area contributed by atoms with Gasteiger partial charge in [-0.1, -0.05) is 35.9 Å². The quantitative estimate of drug-likeness (QED) is 0.404. The molecule has 2 aliphatic rings. The molecular weight excluding hydrogens is 560 g/mol. The summed E-state index contributed by atoms with van der Waals surface area (Å²) in [6.07, 6.45) is 0.297. The molecule has 10 nitrogen and oxygen atoms in total. The van der Waals surface area contributed by atoms with E-state index < -0.39 is 30.6 Å². The van der Waals surface area contributed by atoms with Crippen LogP contribution >= 0.6 is 11.6 Å². The van der Waals surface area contributed by atoms with Gasteiger partial charge in [-0.05, 0) is 37.6 Å². The largest absolute Gasteiger partial charge is 0.480 e. The number of carboxylic acids is 1. The number of carboxylic acid groups (broad SMARTS) is 1. The van der Waals surface area contributed by atoms with E-state index in [9.17, 15) is 28.3 Å². The van der Waals surface area contributed by atoms with Gasteiger partial charge in [-0.2, -0.15) is 13.9 Å². The minimum Gasteiger partial charge on any atom is -0.480 e. The van der Waals surface area contributed by atoms with Gasteiger partial charge in [0.15, 0.2) is 6.04 Å². The van der Waals surface area contributed by atoms with E-state index in [2.05, 4.69) is 14.7 Å². The maximum absolute atomic E-state index is 13.9. The summed E-state index contributed by atoms with van der Waals surface area (Å²) >= 11 is 6.04. The fourth-order valence-corrected chi connectivity index (χ4v) is 5.45. The summed E-state index contributed by atoms with van der Waals surface area (Å²) in [7, 11) is 0. The summed E-state index contributed by atoms with van der Waals surface area (Å²) < 4.78 is 30.7. The number of aromatic nitrogens is 2. The third-order valence-electron chi connectivity index (χ3n) is 7.48. The fourth-order valence-electron chi connectivity index (χ4n) is 5.29. The van der Waals surface area contributed by atoms with Crippen molar-refractivity contribution in [2.45, 2.75) is 51.6 Å². The second-order valence-electron chi connectivity index (χ2n) is 9.92. The predicted octanol–water partition coefficient (Wildman–Crippen LogP) is 5.12. The molecule has 3 atom stereocenters. The van der Waals surface area contributed by atoms with Crippen molar-refractivity contribution < 1.29 is 33.0 Å². The Hall–Kier alpha value is -4.50. The van der Waals surface area contributed by atoms with Crippen molar-refractivity contribution in [3.8, 4) is 5.75 Å². The summed E-state index contributed by atoms with van der Waals surface area (Å²) in [6.45, 7) is 7.71. The van der Waals surface area contributed by atoms with Gasteiger partial charge in [0.25, 0.3) is 11.8 Å². The molecule has 3 aromatic rings. The summed E-state index contributed by atoms with van der Waals surface area (Å²) in [5.74, 6) is -2.04. The summed E-state index contributed by atoms with van der Waals surface area (Å²) in [5, 5.41) is 14.8. The van der Waals surface area contributed by atoms with Crippen LogP contribution in [0.4, 0.5) is 14.5 Å². The number of fused-ring (bicyclic) bond motifs is 3. The molecule has 1 aromatic heterocycles. The Kier molecular flexibility index (Phi) is 7.40. The molecule has 0 saturated heterocycles. The molecule has 212 valence electrons. The Balaban J connectivity index is 1.48. The van der Waals surface area contributed by atoms with Crippen LogP contribution in [0.2, 0.25) is 5.02 Å². The Bertz CT molecular complexity index is 1590. The van der Waals surface area contributed by atoms with Crippen LogP contribution in [0.3, 0.4) is 0 Å². The van der Waals surface area contributed by atoms with E-state index in [0.717, 1.165) is 0 Å². The van der Waals surface area contributed by atoms with Crippen LogP contribution in [0.25, 0.3) is 4.85 Å². The van der Waals surface area contributed by atoms with Gasteiger partial charge in [0.1, 0.15) is 11.4 Å². The lowest BCUT2D eigenvalue weighted by molar-refractivity contribution is -0.142. The Morgan fingerprint density at radius 1 is 1.22 bits per heavy atom. The highest BCUT2D eigenvalue weighted by Crippen LogP contribution is 2.36. The lowest BCUT2D eigenvalue weighted by Crippen LogP contribution is -2.47. The Morgan fingerprint density at radius 2 is 1.93 bits per heavy atom. The van der Waals surface area contributed by atoms with E-state index in [1.807, 2.05) is 6.92 Å². The molecule has 0 bridgehead atoms. The topological polar surface area (TPSA) is 109 Å². The first-order valence-electron chi connectivity index (χ1n) is 12.7. The van der Waals surface area contributed by atoms with Gasteiger partial charge in [0.2, 0.25) is 5.69 Å². The van der Waals surface area contributed by atoms with Crippen LogP contribution in [0.1, 0.15) is 63.6 Å². The van der Waals surface area contributed by atoms with E-state index in [1.165, 1.54) is 39.9 Å². The number of carbonyl (C=O) groups is 3. The number of carbonyl (C=O) groups excluding carboxylic acids is 2. The zero-order valence-electron chi connectivity index (χ0n) is 21.9. The highest BCUT2D eigenvalue weighted by Gasteiger charge is 2.43. The number of aliphatic carboxylic acids is 1. The van der Waals surface area contributed by atoms with Gasteiger partial charge >= 0.3 is 12.6 Å². The normalized spacial score (nSPS) is 18.9. The summed E-state index contributed by atoms with van der Waals surface area (Å²) in [5.41, 5.74) is 2.09. The smallest absolute Gasteiger partial charge is 0.387 e. The first kappa shape index (κ1) is 28.0.